The lowest BCUT2D eigenvalue weighted by Gasteiger charge is -2.36. The molecule has 356 valence electrons. The molecule has 0 bridgehead atoms. The molecule has 21 heteroatoms. The molecule has 17 nitrogen and oxygen atoms in total. The van der Waals surface area contributed by atoms with Gasteiger partial charge in [-0.1, -0.05) is 83.9 Å². The molecule has 5 aromatic carbocycles. The molecule has 5 aromatic rings. The summed E-state index contributed by atoms with van der Waals surface area (Å²) in [5.74, 6) is -3.19. The normalized spacial score (nSPS) is 17.5. The average Bonchev–Trinajstić information content (AvgIpc) is 3.33. The first-order chi connectivity index (χ1) is 32.7. The molecule has 0 spiro atoms. The zero-order valence-corrected chi connectivity index (χ0v) is 37.5. The van der Waals surface area contributed by atoms with E-state index in [1.165, 1.54) is 59.5 Å². The molecular formula is C47H45Cl2F2N7O10. The van der Waals surface area contributed by atoms with Gasteiger partial charge < -0.3 is 45.7 Å². The van der Waals surface area contributed by atoms with Crippen molar-refractivity contribution in [2.45, 2.75) is 38.1 Å². The number of nitro benzene ring substituents is 1. The molecule has 2 fully saturated rings. The number of benzene rings is 5. The molecule has 0 radical (unpaired) electrons. The van der Waals surface area contributed by atoms with E-state index < -0.39 is 52.7 Å². The molecule has 2 aliphatic heterocycles. The van der Waals surface area contributed by atoms with Crippen molar-refractivity contribution >= 4 is 70.4 Å². The molecular weight excluding hydrogens is 931 g/mol. The lowest BCUT2D eigenvalue weighted by molar-refractivity contribution is -0.384. The minimum Gasteiger partial charge on any atom is -0.445 e. The third-order valence-corrected chi connectivity index (χ3v) is 11.1. The number of piperidine rings is 2. The second kappa shape index (κ2) is 24.4. The zero-order valence-electron chi connectivity index (χ0n) is 36.0. The Hall–Kier alpha value is -7.35. The van der Waals surface area contributed by atoms with E-state index >= 15 is 0 Å². The summed E-state index contributed by atoms with van der Waals surface area (Å²) in [6.45, 7) is 1.16. The van der Waals surface area contributed by atoms with E-state index in [2.05, 4.69) is 26.6 Å². The second-order valence-corrected chi connectivity index (χ2v) is 16.4. The molecule has 5 N–H and O–H groups in total. The molecule has 0 aliphatic carbocycles. The minimum absolute atomic E-state index is 0.00406. The Morgan fingerprint density at radius 2 is 1.16 bits per heavy atom. The lowest BCUT2D eigenvalue weighted by atomic mass is 9.93. The highest BCUT2D eigenvalue weighted by Gasteiger charge is 2.36. The van der Waals surface area contributed by atoms with Crippen molar-refractivity contribution in [3.63, 3.8) is 0 Å². The predicted molar refractivity (Wildman–Crippen MR) is 247 cm³/mol. The molecule has 2 aliphatic rings. The maximum Gasteiger partial charge on any atom is 0.415 e. The van der Waals surface area contributed by atoms with Crippen LogP contribution in [0.1, 0.15) is 24.0 Å². The quantitative estimate of drug-likeness (QED) is 0.0590. The van der Waals surface area contributed by atoms with Crippen molar-refractivity contribution in [1.29, 1.82) is 0 Å². The number of nitro groups is 1. The topological polar surface area (TPSA) is 220 Å². The number of amides is 5. The summed E-state index contributed by atoms with van der Waals surface area (Å²) < 4.78 is 43.2. The molecule has 0 saturated carbocycles. The SMILES string of the molecule is O=C(N[C@@H]1C[C@H](C(=O)Nc2ccc(Cl)c(F)c2)CN(C(=O)Oc2ccc([N+](=O)[O-])cc2)C1)OCc1ccccc1.O=C(N[C@H]1CNC[C@@H](C(=O)Nc2ccc(Cl)c(F)c2)C1)OCc1ccccc1. The average molecular weight is 977 g/mol. The van der Waals surface area contributed by atoms with Gasteiger partial charge in [-0.3, -0.25) is 19.7 Å². The maximum atomic E-state index is 13.9. The Kier molecular flexibility index (Phi) is 18.0. The molecule has 2 heterocycles. The van der Waals surface area contributed by atoms with Gasteiger partial charge in [0.15, 0.2) is 0 Å². The van der Waals surface area contributed by atoms with Crippen LogP contribution in [0, 0.1) is 33.6 Å². The van der Waals surface area contributed by atoms with Crippen LogP contribution in [0.4, 0.5) is 40.2 Å². The highest BCUT2D eigenvalue weighted by atomic mass is 35.5. The first kappa shape index (κ1) is 50.1. The van der Waals surface area contributed by atoms with Gasteiger partial charge in [0.1, 0.15) is 30.6 Å². The van der Waals surface area contributed by atoms with Crippen molar-refractivity contribution in [2.24, 2.45) is 11.8 Å². The Morgan fingerprint density at radius 3 is 1.68 bits per heavy atom. The fourth-order valence-electron chi connectivity index (χ4n) is 7.09. The molecule has 4 atom stereocenters. The van der Waals surface area contributed by atoms with Crippen molar-refractivity contribution in [3.8, 4) is 5.75 Å². The van der Waals surface area contributed by atoms with Gasteiger partial charge >= 0.3 is 18.3 Å². The van der Waals surface area contributed by atoms with E-state index in [1.807, 2.05) is 48.5 Å². The van der Waals surface area contributed by atoms with E-state index in [0.29, 0.717) is 25.2 Å². The Morgan fingerprint density at radius 1 is 0.662 bits per heavy atom. The number of likely N-dealkylation sites (tertiary alicyclic amines) is 1. The smallest absolute Gasteiger partial charge is 0.415 e. The third kappa shape index (κ3) is 15.4. The van der Waals surface area contributed by atoms with Crippen LogP contribution in [0.5, 0.6) is 5.75 Å². The highest BCUT2D eigenvalue weighted by molar-refractivity contribution is 6.31. The van der Waals surface area contributed by atoms with Crippen LogP contribution < -0.4 is 31.3 Å². The fraction of sp³-hybridized carbons (Fsp3) is 0.255. The Bertz CT molecular complexity index is 2570. The zero-order chi connectivity index (χ0) is 48.6. The number of non-ortho nitro benzene ring substituents is 1. The predicted octanol–water partition coefficient (Wildman–Crippen LogP) is 8.46. The fourth-order valence-corrected chi connectivity index (χ4v) is 7.33. The number of halogens is 4. The van der Waals surface area contributed by atoms with Gasteiger partial charge in [0.2, 0.25) is 11.8 Å². The van der Waals surface area contributed by atoms with Gasteiger partial charge in [0.05, 0.1) is 32.8 Å². The highest BCUT2D eigenvalue weighted by Crippen LogP contribution is 2.25. The number of hydrogen-bond acceptors (Lipinski definition) is 11. The summed E-state index contributed by atoms with van der Waals surface area (Å²) in [5, 5.41) is 24.6. The maximum absolute atomic E-state index is 13.9. The van der Waals surface area contributed by atoms with Crippen molar-refractivity contribution in [1.82, 2.24) is 20.9 Å². The Balaban J connectivity index is 0.000000238. The molecule has 68 heavy (non-hydrogen) atoms. The number of carbonyl (C=O) groups is 5. The van der Waals surface area contributed by atoms with E-state index in [0.717, 1.165) is 17.2 Å². The summed E-state index contributed by atoms with van der Waals surface area (Å²) in [6.07, 6.45) is -1.48. The van der Waals surface area contributed by atoms with Crippen LogP contribution in [0.25, 0.3) is 0 Å². The van der Waals surface area contributed by atoms with Gasteiger partial charge in [-0.25, -0.2) is 23.2 Å². The van der Waals surface area contributed by atoms with Gasteiger partial charge in [-0.05, 0) is 72.5 Å². The van der Waals surface area contributed by atoms with E-state index in [-0.39, 0.29) is 77.8 Å². The number of nitrogens with zero attached hydrogens (tertiary/aromatic N) is 2. The minimum atomic E-state index is -0.826. The van der Waals surface area contributed by atoms with Crippen molar-refractivity contribution in [3.05, 3.63) is 164 Å². The summed E-state index contributed by atoms with van der Waals surface area (Å²) >= 11 is 11.4. The van der Waals surface area contributed by atoms with Gasteiger partial charge in [-0.15, -0.1) is 0 Å². The number of alkyl carbamates (subject to hydrolysis) is 2. The largest absolute Gasteiger partial charge is 0.445 e. The standard InChI is InChI=1S/C27H24ClFN4O7.C20H21ClFN3O3/c28-23-11-6-19(13-24(23)29)30-25(34)18-12-20(31-26(35)39-16-17-4-2-1-3-5-17)15-32(14-18)27(36)40-22-9-7-21(8-10-22)33(37)38;21-17-7-6-15(9-18(17)22)24-19(26)14-8-16(11-23-10-14)25-20(27)28-12-13-4-2-1-3-5-13/h1-11,13,18,20H,12,14-16H2,(H,30,34)(H,31,35);1-7,9,14,16,23H,8,10-12H2,(H,24,26)(H,25,27)/t18-,20+;14-,16+/m00/s1. The van der Waals surface area contributed by atoms with Gasteiger partial charge in [-0.2, -0.15) is 0 Å². The molecule has 0 unspecified atom stereocenters. The van der Waals surface area contributed by atoms with E-state index in [4.69, 9.17) is 37.4 Å². The van der Waals surface area contributed by atoms with Gasteiger partial charge in [0.25, 0.3) is 5.69 Å². The van der Waals surface area contributed by atoms with Crippen molar-refractivity contribution < 1.29 is 51.9 Å². The summed E-state index contributed by atoms with van der Waals surface area (Å²) in [7, 11) is 0. The van der Waals surface area contributed by atoms with Crippen molar-refractivity contribution in [2.75, 3.05) is 36.8 Å². The first-order valence-corrected chi connectivity index (χ1v) is 21.8. The number of carbonyl (C=O) groups excluding carboxylic acids is 5. The van der Waals surface area contributed by atoms with Crippen LogP contribution in [0.3, 0.4) is 0 Å². The first-order valence-electron chi connectivity index (χ1n) is 21.1. The van der Waals surface area contributed by atoms with Crippen LogP contribution >= 0.6 is 23.2 Å². The second-order valence-electron chi connectivity index (χ2n) is 15.6. The van der Waals surface area contributed by atoms with Gasteiger partial charge in [0, 0.05) is 55.7 Å². The third-order valence-electron chi connectivity index (χ3n) is 10.5. The molecule has 7 rings (SSSR count). The Labute approximate surface area is 398 Å². The summed E-state index contributed by atoms with van der Waals surface area (Å²) in [6, 6.07) is 30.3. The molecule has 2 saturated heterocycles. The molecule has 5 amide bonds. The molecule has 0 aromatic heterocycles. The monoisotopic (exact) mass is 975 g/mol. The number of hydrogen-bond donors (Lipinski definition) is 5. The number of rotatable bonds is 12. The van der Waals surface area contributed by atoms with Crippen LogP contribution in [-0.2, 0) is 32.3 Å². The van der Waals surface area contributed by atoms with Crippen LogP contribution in [-0.4, -0.2) is 78.2 Å². The van der Waals surface area contributed by atoms with Crippen LogP contribution in [0.15, 0.2) is 121 Å². The summed E-state index contributed by atoms with van der Waals surface area (Å²) in [4.78, 5) is 74.5. The summed E-state index contributed by atoms with van der Waals surface area (Å²) in [5.41, 5.74) is 2.01. The number of anilines is 2. The van der Waals surface area contributed by atoms with E-state index in [1.54, 1.807) is 12.1 Å². The van der Waals surface area contributed by atoms with E-state index in [9.17, 15) is 42.9 Å². The van der Waals surface area contributed by atoms with Crippen LogP contribution in [0.2, 0.25) is 10.0 Å². The number of ether oxygens (including phenoxy) is 3. The number of nitrogens with one attached hydrogen (secondary N) is 5. The lowest BCUT2D eigenvalue weighted by Crippen LogP contribution is -2.55.